The molecule has 0 bridgehead atoms. The van der Waals surface area contributed by atoms with Crippen molar-refractivity contribution >= 4 is 5.97 Å². The fourth-order valence-corrected chi connectivity index (χ4v) is 2.99. The minimum absolute atomic E-state index is 0.0395. The number of aryl methyl sites for hydroxylation is 1. The Morgan fingerprint density at radius 2 is 2.05 bits per heavy atom. The van der Waals surface area contributed by atoms with E-state index >= 15 is 0 Å². The number of nitrogens with one attached hydrogen (secondary N) is 1. The van der Waals surface area contributed by atoms with Gasteiger partial charge in [0.25, 0.3) is 5.56 Å². The van der Waals surface area contributed by atoms with E-state index in [1.165, 1.54) is 0 Å². The van der Waals surface area contributed by atoms with Crippen molar-refractivity contribution in [1.29, 1.82) is 0 Å². The molecule has 21 heavy (non-hydrogen) atoms. The summed E-state index contributed by atoms with van der Waals surface area (Å²) in [6.07, 6.45) is 1.60. The van der Waals surface area contributed by atoms with Gasteiger partial charge in [-0.25, -0.2) is 4.79 Å². The Labute approximate surface area is 120 Å². The molecule has 1 unspecified atom stereocenters. The minimum atomic E-state index is -1.42. The molecule has 1 aromatic carbocycles. The molecule has 1 atom stereocenters. The number of carbonyl (C=O) groups is 1. The molecule has 5 heteroatoms. The molecule has 0 saturated carbocycles. The maximum Gasteiger partial charge on any atom is 0.345 e. The van der Waals surface area contributed by atoms with Crippen molar-refractivity contribution in [2.75, 3.05) is 0 Å². The Hall–Kier alpha value is -2.56. The van der Waals surface area contributed by atoms with Crippen molar-refractivity contribution in [1.82, 2.24) is 4.98 Å². The van der Waals surface area contributed by atoms with Crippen molar-refractivity contribution in [2.45, 2.75) is 25.7 Å². The third-order valence-electron chi connectivity index (χ3n) is 4.07. The molecule has 5 nitrogen and oxygen atoms in total. The number of pyridine rings is 1. The predicted molar refractivity (Wildman–Crippen MR) is 77.9 cm³/mol. The topological polar surface area (TPSA) is 90.4 Å². The number of hydrogen-bond donors (Lipinski definition) is 3. The standard InChI is InChI=1S/C16H15NO4/c1-8-6-7-9-4-2-3-5-10(9)13-11(8)14(18)12(16(20)21)15(19)17-13/h2-5,8H,6-7H2,1H3,(H,20,21)(H2,17,18,19). The Bertz CT molecular complexity index is 791. The van der Waals surface area contributed by atoms with Crippen LogP contribution in [0.25, 0.3) is 11.3 Å². The summed E-state index contributed by atoms with van der Waals surface area (Å²) in [7, 11) is 0. The van der Waals surface area contributed by atoms with Gasteiger partial charge in [-0.1, -0.05) is 31.2 Å². The van der Waals surface area contributed by atoms with E-state index in [0.717, 1.165) is 24.0 Å². The van der Waals surface area contributed by atoms with Gasteiger partial charge in [0.1, 0.15) is 5.75 Å². The highest BCUT2D eigenvalue weighted by atomic mass is 16.4. The third kappa shape index (κ3) is 2.01. The van der Waals surface area contributed by atoms with Crippen molar-refractivity contribution in [3.05, 3.63) is 51.3 Å². The lowest BCUT2D eigenvalue weighted by atomic mass is 9.93. The lowest BCUT2D eigenvalue weighted by Crippen LogP contribution is -2.20. The third-order valence-corrected chi connectivity index (χ3v) is 4.07. The van der Waals surface area contributed by atoms with E-state index in [1.54, 1.807) is 0 Å². The van der Waals surface area contributed by atoms with Gasteiger partial charge in [-0.2, -0.15) is 0 Å². The zero-order valence-corrected chi connectivity index (χ0v) is 11.5. The highest BCUT2D eigenvalue weighted by molar-refractivity contribution is 5.92. The molecule has 2 aromatic rings. The van der Waals surface area contributed by atoms with Gasteiger partial charge in [-0.05, 0) is 24.3 Å². The second-order valence-corrected chi connectivity index (χ2v) is 5.37. The molecule has 1 aliphatic carbocycles. The quantitative estimate of drug-likeness (QED) is 0.750. The summed E-state index contributed by atoms with van der Waals surface area (Å²) in [5.41, 5.74) is 1.62. The van der Waals surface area contributed by atoms with Gasteiger partial charge in [-0.15, -0.1) is 0 Å². The van der Waals surface area contributed by atoms with Gasteiger partial charge in [-0.3, -0.25) is 4.79 Å². The zero-order valence-electron chi connectivity index (χ0n) is 11.5. The Balaban J connectivity index is 2.40. The van der Waals surface area contributed by atoms with Crippen LogP contribution in [0.3, 0.4) is 0 Å². The summed E-state index contributed by atoms with van der Waals surface area (Å²) in [6, 6.07) is 7.65. The molecule has 0 amide bonds. The molecular formula is C16H15NO4. The molecule has 1 heterocycles. The van der Waals surface area contributed by atoms with Gasteiger partial charge in [0.15, 0.2) is 5.56 Å². The molecule has 0 spiro atoms. The monoisotopic (exact) mass is 285 g/mol. The van der Waals surface area contributed by atoms with Crippen LogP contribution in [-0.2, 0) is 6.42 Å². The van der Waals surface area contributed by atoms with E-state index in [2.05, 4.69) is 4.98 Å². The summed E-state index contributed by atoms with van der Waals surface area (Å²) in [6.45, 7) is 1.92. The van der Waals surface area contributed by atoms with Crippen LogP contribution < -0.4 is 5.56 Å². The highest BCUT2D eigenvalue weighted by Crippen LogP contribution is 2.41. The summed E-state index contributed by atoms with van der Waals surface area (Å²) in [5, 5.41) is 19.4. The van der Waals surface area contributed by atoms with Crippen LogP contribution >= 0.6 is 0 Å². The van der Waals surface area contributed by atoms with Crippen molar-refractivity contribution in [2.24, 2.45) is 0 Å². The number of H-pyrrole nitrogens is 1. The summed E-state index contributed by atoms with van der Waals surface area (Å²) in [4.78, 5) is 25.8. The number of carboxylic acids is 1. The summed E-state index contributed by atoms with van der Waals surface area (Å²) < 4.78 is 0. The molecule has 0 fully saturated rings. The number of hydrogen-bond acceptors (Lipinski definition) is 3. The van der Waals surface area contributed by atoms with Crippen LogP contribution in [0.5, 0.6) is 5.75 Å². The first-order valence-corrected chi connectivity index (χ1v) is 6.81. The van der Waals surface area contributed by atoms with Crippen molar-refractivity contribution < 1.29 is 15.0 Å². The number of aromatic nitrogens is 1. The molecule has 0 radical (unpaired) electrons. The maximum absolute atomic E-state index is 12.0. The van der Waals surface area contributed by atoms with Crippen LogP contribution in [-0.4, -0.2) is 21.2 Å². The molecule has 1 aromatic heterocycles. The first-order chi connectivity index (χ1) is 10.0. The van der Waals surface area contributed by atoms with Crippen LogP contribution in [0.2, 0.25) is 0 Å². The molecular weight excluding hydrogens is 270 g/mol. The molecule has 108 valence electrons. The van der Waals surface area contributed by atoms with Gasteiger partial charge in [0.05, 0.1) is 5.69 Å². The molecule has 3 rings (SSSR count). The minimum Gasteiger partial charge on any atom is -0.506 e. The fourth-order valence-electron chi connectivity index (χ4n) is 2.99. The van der Waals surface area contributed by atoms with Crippen molar-refractivity contribution in [3.63, 3.8) is 0 Å². The molecule has 3 N–H and O–H groups in total. The normalized spacial score (nSPS) is 16.7. The number of rotatable bonds is 1. The lowest BCUT2D eigenvalue weighted by Gasteiger charge is -2.16. The van der Waals surface area contributed by atoms with Crippen LogP contribution in [0, 0.1) is 0 Å². The lowest BCUT2D eigenvalue weighted by molar-refractivity contribution is 0.0691. The average Bonchev–Trinajstić information content (AvgIpc) is 2.57. The van der Waals surface area contributed by atoms with Crippen LogP contribution in [0.1, 0.15) is 40.7 Å². The maximum atomic E-state index is 12.0. The van der Waals surface area contributed by atoms with E-state index in [4.69, 9.17) is 5.11 Å². The SMILES string of the molecule is CC1CCc2ccccc2-c2[nH]c(=O)c(C(=O)O)c(O)c21. The molecule has 1 aliphatic rings. The van der Waals surface area contributed by atoms with Crippen LogP contribution in [0.15, 0.2) is 29.1 Å². The summed E-state index contributed by atoms with van der Waals surface area (Å²) >= 11 is 0. The van der Waals surface area contributed by atoms with E-state index in [9.17, 15) is 14.7 Å². The number of fused-ring (bicyclic) bond motifs is 3. The van der Waals surface area contributed by atoms with Crippen LogP contribution in [0.4, 0.5) is 0 Å². The zero-order chi connectivity index (χ0) is 15.1. The summed E-state index contributed by atoms with van der Waals surface area (Å²) in [5.74, 6) is -1.87. The second kappa shape index (κ2) is 4.77. The first kappa shape index (κ1) is 13.4. The number of carboxylic acid groups (broad SMARTS) is 1. The van der Waals surface area contributed by atoms with Gasteiger partial charge in [0.2, 0.25) is 0 Å². The van der Waals surface area contributed by atoms with Crippen molar-refractivity contribution in [3.8, 4) is 17.0 Å². The Kier molecular flexibility index (Phi) is 3.05. The average molecular weight is 285 g/mol. The number of aromatic carboxylic acids is 1. The highest BCUT2D eigenvalue weighted by Gasteiger charge is 2.28. The van der Waals surface area contributed by atoms with Gasteiger partial charge >= 0.3 is 5.97 Å². The second-order valence-electron chi connectivity index (χ2n) is 5.37. The number of aromatic hydroxyl groups is 1. The first-order valence-electron chi connectivity index (χ1n) is 6.81. The number of aromatic amines is 1. The Morgan fingerprint density at radius 1 is 1.33 bits per heavy atom. The van der Waals surface area contributed by atoms with E-state index in [1.807, 2.05) is 31.2 Å². The van der Waals surface area contributed by atoms with E-state index in [0.29, 0.717) is 11.3 Å². The molecule has 0 saturated heterocycles. The van der Waals surface area contributed by atoms with E-state index < -0.39 is 22.8 Å². The predicted octanol–water partition coefficient (Wildman–Crippen LogP) is 2.50. The largest absolute Gasteiger partial charge is 0.506 e. The smallest absolute Gasteiger partial charge is 0.345 e. The van der Waals surface area contributed by atoms with Gasteiger partial charge in [0, 0.05) is 11.1 Å². The Morgan fingerprint density at radius 3 is 2.76 bits per heavy atom. The molecule has 0 aliphatic heterocycles. The number of benzene rings is 1. The van der Waals surface area contributed by atoms with E-state index in [-0.39, 0.29) is 5.92 Å². The fraction of sp³-hybridized carbons (Fsp3) is 0.250. The van der Waals surface area contributed by atoms with Gasteiger partial charge < -0.3 is 15.2 Å².